The molecule has 1 aliphatic rings. The van der Waals surface area contributed by atoms with Crippen LogP contribution in [-0.4, -0.2) is 41.5 Å². The average Bonchev–Trinajstić information content (AvgIpc) is 2.89. The highest BCUT2D eigenvalue weighted by atomic mass is 32.1. The number of nitrogens with zero attached hydrogens (tertiary/aromatic N) is 2. The molecule has 5 heteroatoms. The molecule has 1 unspecified atom stereocenters. The summed E-state index contributed by atoms with van der Waals surface area (Å²) in [6, 6.07) is 4.33. The summed E-state index contributed by atoms with van der Waals surface area (Å²) in [7, 11) is 1.86. The van der Waals surface area contributed by atoms with Crippen LogP contribution in [0.1, 0.15) is 24.8 Å². The number of hydrogen-bond acceptors (Lipinski definition) is 3. The lowest BCUT2D eigenvalue weighted by Crippen LogP contribution is -2.50. The topological polar surface area (TPSA) is 49.6 Å². The van der Waals surface area contributed by atoms with Crippen LogP contribution in [-0.2, 0) is 0 Å². The van der Waals surface area contributed by atoms with Gasteiger partial charge < -0.3 is 15.5 Å². The summed E-state index contributed by atoms with van der Waals surface area (Å²) in [4.78, 5) is 17.1. The van der Waals surface area contributed by atoms with Crippen LogP contribution in [0.2, 0.25) is 0 Å². The summed E-state index contributed by atoms with van der Waals surface area (Å²) in [5.74, 6) is 0. The molecule has 2 heterocycles. The third-order valence-corrected chi connectivity index (χ3v) is 4.43. The van der Waals surface area contributed by atoms with Crippen molar-refractivity contribution < 1.29 is 4.79 Å². The van der Waals surface area contributed by atoms with E-state index in [4.69, 9.17) is 5.73 Å². The van der Waals surface area contributed by atoms with Crippen LogP contribution in [0.15, 0.2) is 17.5 Å². The Balaban J connectivity index is 2.23. The standard InChI is InChI=1S/C12H19N3OS/c1-12(2,8-13)15-7-9(14(3)11(15)16)10-5-4-6-17-10/h4-6,9H,7-8,13H2,1-3H3. The molecular weight excluding hydrogens is 234 g/mol. The van der Waals surface area contributed by atoms with E-state index in [1.807, 2.05) is 42.1 Å². The van der Waals surface area contributed by atoms with Crippen molar-refractivity contribution in [2.45, 2.75) is 25.4 Å². The first kappa shape index (κ1) is 12.4. The summed E-state index contributed by atoms with van der Waals surface area (Å²) >= 11 is 1.69. The number of carbonyl (C=O) groups excluding carboxylic acids is 1. The highest BCUT2D eigenvalue weighted by molar-refractivity contribution is 7.10. The quantitative estimate of drug-likeness (QED) is 0.894. The summed E-state index contributed by atoms with van der Waals surface area (Å²) in [5, 5.41) is 2.05. The maximum absolute atomic E-state index is 12.2. The van der Waals surface area contributed by atoms with Gasteiger partial charge in [-0.3, -0.25) is 0 Å². The maximum atomic E-state index is 12.2. The van der Waals surface area contributed by atoms with Gasteiger partial charge in [0, 0.05) is 25.0 Å². The molecule has 17 heavy (non-hydrogen) atoms. The molecule has 1 aliphatic heterocycles. The lowest BCUT2D eigenvalue weighted by Gasteiger charge is -2.33. The van der Waals surface area contributed by atoms with E-state index in [1.54, 1.807) is 11.3 Å². The van der Waals surface area contributed by atoms with Crippen LogP contribution in [0.4, 0.5) is 4.79 Å². The van der Waals surface area contributed by atoms with Crippen molar-refractivity contribution in [3.63, 3.8) is 0 Å². The molecule has 2 rings (SSSR count). The fourth-order valence-electron chi connectivity index (χ4n) is 2.08. The Labute approximate surface area is 106 Å². The molecular formula is C12H19N3OS. The third kappa shape index (κ3) is 2.05. The summed E-state index contributed by atoms with van der Waals surface area (Å²) < 4.78 is 0. The Morgan fingerprint density at radius 3 is 2.82 bits per heavy atom. The molecule has 1 saturated heterocycles. The van der Waals surface area contributed by atoms with Gasteiger partial charge in [-0.05, 0) is 25.3 Å². The number of likely N-dealkylation sites (N-methyl/N-ethyl adjacent to an activating group) is 1. The van der Waals surface area contributed by atoms with Crippen molar-refractivity contribution in [3.8, 4) is 0 Å². The van der Waals surface area contributed by atoms with Crippen molar-refractivity contribution in [1.82, 2.24) is 9.80 Å². The summed E-state index contributed by atoms with van der Waals surface area (Å²) in [5.41, 5.74) is 5.47. The molecule has 0 spiro atoms. The van der Waals surface area contributed by atoms with Crippen molar-refractivity contribution >= 4 is 17.4 Å². The fourth-order valence-corrected chi connectivity index (χ4v) is 2.94. The van der Waals surface area contributed by atoms with Crippen LogP contribution in [0.3, 0.4) is 0 Å². The van der Waals surface area contributed by atoms with Crippen LogP contribution < -0.4 is 5.73 Å². The monoisotopic (exact) mass is 253 g/mol. The Bertz CT molecular complexity index is 402. The van der Waals surface area contributed by atoms with Gasteiger partial charge in [-0.1, -0.05) is 6.07 Å². The molecule has 0 aromatic carbocycles. The molecule has 0 saturated carbocycles. The van der Waals surface area contributed by atoms with Crippen LogP contribution in [0.5, 0.6) is 0 Å². The van der Waals surface area contributed by atoms with Crippen molar-refractivity contribution in [1.29, 1.82) is 0 Å². The first-order valence-electron chi connectivity index (χ1n) is 5.75. The zero-order valence-electron chi connectivity index (χ0n) is 10.5. The van der Waals surface area contributed by atoms with Gasteiger partial charge in [0.1, 0.15) is 0 Å². The normalized spacial score (nSPS) is 21.4. The Morgan fingerprint density at radius 1 is 1.59 bits per heavy atom. The number of rotatable bonds is 3. The Morgan fingerprint density at radius 2 is 2.29 bits per heavy atom. The number of hydrogen-bond donors (Lipinski definition) is 1. The minimum absolute atomic E-state index is 0.0684. The van der Waals surface area contributed by atoms with Crippen LogP contribution >= 0.6 is 11.3 Å². The van der Waals surface area contributed by atoms with Gasteiger partial charge in [0.2, 0.25) is 0 Å². The second kappa shape index (κ2) is 4.31. The highest BCUT2D eigenvalue weighted by Crippen LogP contribution is 2.34. The predicted octanol–water partition coefficient (Wildman–Crippen LogP) is 1.89. The lowest BCUT2D eigenvalue weighted by atomic mass is 10.0. The van der Waals surface area contributed by atoms with Gasteiger partial charge in [0.25, 0.3) is 0 Å². The molecule has 1 fully saturated rings. The van der Waals surface area contributed by atoms with E-state index in [2.05, 4.69) is 6.07 Å². The van der Waals surface area contributed by atoms with E-state index in [-0.39, 0.29) is 17.6 Å². The van der Waals surface area contributed by atoms with Crippen molar-refractivity contribution in [2.24, 2.45) is 5.73 Å². The number of urea groups is 1. The minimum Gasteiger partial charge on any atom is -0.328 e. The molecule has 4 nitrogen and oxygen atoms in total. The number of amides is 2. The van der Waals surface area contributed by atoms with E-state index >= 15 is 0 Å². The zero-order valence-corrected chi connectivity index (χ0v) is 11.3. The molecule has 1 atom stereocenters. The highest BCUT2D eigenvalue weighted by Gasteiger charge is 2.42. The van der Waals surface area contributed by atoms with Gasteiger partial charge in [0.15, 0.2) is 0 Å². The molecule has 1 aromatic heterocycles. The lowest BCUT2D eigenvalue weighted by molar-refractivity contribution is 0.154. The van der Waals surface area contributed by atoms with Gasteiger partial charge >= 0.3 is 6.03 Å². The fraction of sp³-hybridized carbons (Fsp3) is 0.583. The largest absolute Gasteiger partial charge is 0.328 e. The molecule has 0 aliphatic carbocycles. The average molecular weight is 253 g/mol. The SMILES string of the molecule is CN1C(=O)N(C(C)(C)CN)CC1c1cccs1. The molecule has 2 N–H and O–H groups in total. The number of thiophene rings is 1. The van der Waals surface area contributed by atoms with Crippen LogP contribution in [0, 0.1) is 0 Å². The van der Waals surface area contributed by atoms with Gasteiger partial charge in [0.05, 0.1) is 11.6 Å². The van der Waals surface area contributed by atoms with Gasteiger partial charge in [-0.15, -0.1) is 11.3 Å². The van der Waals surface area contributed by atoms with Crippen molar-refractivity contribution in [2.75, 3.05) is 20.1 Å². The molecule has 94 valence electrons. The van der Waals surface area contributed by atoms with E-state index in [9.17, 15) is 4.79 Å². The minimum atomic E-state index is -0.280. The predicted molar refractivity (Wildman–Crippen MR) is 70.1 cm³/mol. The Hall–Kier alpha value is -1.07. The van der Waals surface area contributed by atoms with E-state index in [1.165, 1.54) is 4.88 Å². The second-order valence-corrected chi connectivity index (χ2v) is 6.03. The zero-order chi connectivity index (χ0) is 12.6. The van der Waals surface area contributed by atoms with Gasteiger partial charge in [-0.25, -0.2) is 4.79 Å². The van der Waals surface area contributed by atoms with E-state index in [0.717, 1.165) is 6.54 Å². The molecule has 1 aromatic rings. The number of nitrogens with two attached hydrogens (primary N) is 1. The second-order valence-electron chi connectivity index (χ2n) is 5.05. The van der Waals surface area contributed by atoms with E-state index < -0.39 is 0 Å². The van der Waals surface area contributed by atoms with Crippen LogP contribution in [0.25, 0.3) is 0 Å². The first-order chi connectivity index (χ1) is 7.97. The van der Waals surface area contributed by atoms with E-state index in [0.29, 0.717) is 6.54 Å². The maximum Gasteiger partial charge on any atom is 0.320 e. The molecule has 0 bridgehead atoms. The first-order valence-corrected chi connectivity index (χ1v) is 6.63. The number of carbonyl (C=O) groups is 1. The Kier molecular flexibility index (Phi) is 3.14. The van der Waals surface area contributed by atoms with Crippen molar-refractivity contribution in [3.05, 3.63) is 22.4 Å². The third-order valence-electron chi connectivity index (χ3n) is 3.46. The summed E-state index contributed by atoms with van der Waals surface area (Å²) in [6.07, 6.45) is 0. The molecule has 2 amide bonds. The smallest absolute Gasteiger partial charge is 0.320 e. The summed E-state index contributed by atoms with van der Waals surface area (Å²) in [6.45, 7) is 5.22. The van der Waals surface area contributed by atoms with Gasteiger partial charge in [-0.2, -0.15) is 0 Å². The molecule has 0 radical (unpaired) electrons.